The molecule has 2 heterocycles. The number of carboxylic acid groups (broad SMARTS) is 1. The van der Waals surface area contributed by atoms with Gasteiger partial charge >= 0.3 is 5.97 Å². The van der Waals surface area contributed by atoms with E-state index in [-0.39, 0.29) is 11.6 Å². The molecule has 1 aliphatic rings. The summed E-state index contributed by atoms with van der Waals surface area (Å²) in [5.74, 6) is -0.158. The van der Waals surface area contributed by atoms with Gasteiger partial charge in [-0.1, -0.05) is 13.3 Å². The zero-order chi connectivity index (χ0) is 15.2. The summed E-state index contributed by atoms with van der Waals surface area (Å²) in [5.41, 5.74) is 0.319. The number of carbonyl (C=O) groups excluding carboxylic acids is 1. The van der Waals surface area contributed by atoms with Gasteiger partial charge in [-0.3, -0.25) is 4.79 Å². The van der Waals surface area contributed by atoms with Crippen molar-refractivity contribution in [1.29, 1.82) is 0 Å². The van der Waals surface area contributed by atoms with Gasteiger partial charge in [-0.2, -0.15) is 11.8 Å². The van der Waals surface area contributed by atoms with Gasteiger partial charge in [-0.25, -0.2) is 9.78 Å². The molecule has 0 spiro atoms. The molecule has 114 valence electrons. The third kappa shape index (κ3) is 4.20. The lowest BCUT2D eigenvalue weighted by molar-refractivity contribution is 0.0690. The Morgan fingerprint density at radius 3 is 3.00 bits per heavy atom. The number of thioether (sulfide) groups is 1. The Morgan fingerprint density at radius 2 is 2.29 bits per heavy atom. The molecule has 1 atom stereocenters. The van der Waals surface area contributed by atoms with Crippen molar-refractivity contribution in [3.8, 4) is 0 Å². The molecule has 5 nitrogen and oxygen atoms in total. The van der Waals surface area contributed by atoms with Crippen molar-refractivity contribution in [3.05, 3.63) is 29.6 Å². The van der Waals surface area contributed by atoms with Crippen LogP contribution in [0.15, 0.2) is 18.3 Å². The monoisotopic (exact) mass is 308 g/mol. The molecular formula is C15H20N2O3S. The number of rotatable bonds is 4. The first-order chi connectivity index (χ1) is 10.1. The predicted octanol–water partition coefficient (Wildman–Crippen LogP) is 2.53. The highest BCUT2D eigenvalue weighted by Gasteiger charge is 2.23. The van der Waals surface area contributed by atoms with Crippen LogP contribution in [0.4, 0.5) is 0 Å². The molecule has 0 aliphatic carbocycles. The second-order valence-electron chi connectivity index (χ2n) is 5.06. The largest absolute Gasteiger partial charge is 0.477 e. The van der Waals surface area contributed by atoms with Gasteiger partial charge < -0.3 is 10.0 Å². The summed E-state index contributed by atoms with van der Waals surface area (Å²) in [4.78, 5) is 29.1. The minimum absolute atomic E-state index is 0.0878. The second-order valence-corrected chi connectivity index (χ2v) is 6.64. The van der Waals surface area contributed by atoms with E-state index in [1.807, 2.05) is 16.7 Å². The van der Waals surface area contributed by atoms with Crippen LogP contribution in [0.5, 0.6) is 0 Å². The summed E-state index contributed by atoms with van der Waals surface area (Å²) < 4.78 is 0. The Morgan fingerprint density at radius 1 is 1.48 bits per heavy atom. The molecule has 1 aromatic heterocycles. The zero-order valence-corrected chi connectivity index (χ0v) is 12.9. The van der Waals surface area contributed by atoms with E-state index in [9.17, 15) is 9.59 Å². The van der Waals surface area contributed by atoms with Crippen molar-refractivity contribution in [2.45, 2.75) is 31.4 Å². The molecule has 0 bridgehead atoms. The Hall–Kier alpha value is -1.56. The highest BCUT2D eigenvalue weighted by molar-refractivity contribution is 7.99. The highest BCUT2D eigenvalue weighted by atomic mass is 32.2. The minimum Gasteiger partial charge on any atom is -0.477 e. The number of carbonyl (C=O) groups is 2. The number of aromatic nitrogens is 1. The van der Waals surface area contributed by atoms with E-state index in [4.69, 9.17) is 5.11 Å². The first kappa shape index (κ1) is 15.8. The molecule has 1 saturated heterocycles. The van der Waals surface area contributed by atoms with Gasteiger partial charge in [0, 0.05) is 30.1 Å². The van der Waals surface area contributed by atoms with Crippen molar-refractivity contribution in [3.63, 3.8) is 0 Å². The second kappa shape index (κ2) is 7.45. The van der Waals surface area contributed by atoms with Crippen molar-refractivity contribution >= 4 is 23.6 Å². The van der Waals surface area contributed by atoms with Gasteiger partial charge in [-0.05, 0) is 30.7 Å². The SMILES string of the molecule is CCSC1CCCCN(C(=O)c2ccnc(C(=O)O)c2)C1. The standard InChI is InChI=1S/C15H20N2O3S/c1-2-21-12-5-3-4-8-17(10-12)14(18)11-6-7-16-13(9-11)15(19)20/h6-7,9,12H,2-5,8,10H2,1H3,(H,19,20). The number of pyridine rings is 1. The lowest BCUT2D eigenvalue weighted by Crippen LogP contribution is -2.35. The first-order valence-electron chi connectivity index (χ1n) is 7.22. The van der Waals surface area contributed by atoms with E-state index in [0.717, 1.165) is 38.1 Å². The summed E-state index contributed by atoms with van der Waals surface area (Å²) >= 11 is 1.89. The van der Waals surface area contributed by atoms with Crippen LogP contribution in [0.3, 0.4) is 0 Å². The molecule has 2 rings (SSSR count). The molecular weight excluding hydrogens is 288 g/mol. The van der Waals surface area contributed by atoms with Crippen LogP contribution in [0.1, 0.15) is 47.0 Å². The van der Waals surface area contributed by atoms with Gasteiger partial charge in [-0.15, -0.1) is 0 Å². The average molecular weight is 308 g/mol. The molecule has 0 saturated carbocycles. The van der Waals surface area contributed by atoms with Crippen molar-refractivity contribution in [1.82, 2.24) is 9.88 Å². The fourth-order valence-electron chi connectivity index (χ4n) is 2.52. The normalized spacial score (nSPS) is 19.1. The topological polar surface area (TPSA) is 70.5 Å². The Kier molecular flexibility index (Phi) is 5.61. The maximum atomic E-state index is 12.6. The molecule has 1 aliphatic heterocycles. The third-order valence-corrected chi connectivity index (χ3v) is 4.73. The summed E-state index contributed by atoms with van der Waals surface area (Å²) in [6.07, 6.45) is 4.66. The Labute approximate surface area is 128 Å². The number of hydrogen-bond acceptors (Lipinski definition) is 4. The van der Waals surface area contributed by atoms with E-state index in [1.54, 1.807) is 6.07 Å². The van der Waals surface area contributed by atoms with E-state index in [2.05, 4.69) is 11.9 Å². The maximum Gasteiger partial charge on any atom is 0.354 e. The number of hydrogen-bond donors (Lipinski definition) is 1. The van der Waals surface area contributed by atoms with Crippen LogP contribution in [-0.2, 0) is 0 Å². The van der Waals surface area contributed by atoms with Crippen LogP contribution in [-0.4, -0.2) is 51.0 Å². The Bertz CT molecular complexity index is 521. The van der Waals surface area contributed by atoms with E-state index in [0.29, 0.717) is 10.8 Å². The van der Waals surface area contributed by atoms with Gasteiger partial charge in [0.2, 0.25) is 0 Å². The van der Waals surface area contributed by atoms with Gasteiger partial charge in [0.25, 0.3) is 5.91 Å². The number of likely N-dealkylation sites (tertiary alicyclic amines) is 1. The number of amides is 1. The quantitative estimate of drug-likeness (QED) is 0.925. The van der Waals surface area contributed by atoms with Gasteiger partial charge in [0.1, 0.15) is 5.69 Å². The lowest BCUT2D eigenvalue weighted by Gasteiger charge is -2.24. The highest BCUT2D eigenvalue weighted by Crippen LogP contribution is 2.23. The van der Waals surface area contributed by atoms with Crippen LogP contribution in [0, 0.1) is 0 Å². The molecule has 1 fully saturated rings. The Balaban J connectivity index is 2.14. The minimum atomic E-state index is -1.11. The first-order valence-corrected chi connectivity index (χ1v) is 8.27. The van der Waals surface area contributed by atoms with Crippen LogP contribution in [0.2, 0.25) is 0 Å². The molecule has 6 heteroatoms. The molecule has 21 heavy (non-hydrogen) atoms. The van der Waals surface area contributed by atoms with E-state index >= 15 is 0 Å². The summed E-state index contributed by atoms with van der Waals surface area (Å²) in [6, 6.07) is 2.94. The number of nitrogens with zero attached hydrogens (tertiary/aromatic N) is 2. The summed E-state index contributed by atoms with van der Waals surface area (Å²) in [5, 5.41) is 9.44. The van der Waals surface area contributed by atoms with Crippen molar-refractivity contribution in [2.24, 2.45) is 0 Å². The van der Waals surface area contributed by atoms with Gasteiger partial charge in [0.05, 0.1) is 0 Å². The molecule has 0 radical (unpaired) electrons. The predicted molar refractivity (Wildman–Crippen MR) is 82.9 cm³/mol. The van der Waals surface area contributed by atoms with Crippen LogP contribution < -0.4 is 0 Å². The third-order valence-electron chi connectivity index (χ3n) is 3.54. The molecule has 1 unspecified atom stereocenters. The number of carboxylic acids is 1. The van der Waals surface area contributed by atoms with Gasteiger partial charge in [0.15, 0.2) is 0 Å². The summed E-state index contributed by atoms with van der Waals surface area (Å²) in [7, 11) is 0. The van der Waals surface area contributed by atoms with E-state index < -0.39 is 5.97 Å². The molecule has 1 N–H and O–H groups in total. The van der Waals surface area contributed by atoms with Crippen LogP contribution >= 0.6 is 11.8 Å². The lowest BCUT2D eigenvalue weighted by atomic mass is 10.2. The molecule has 0 aromatic carbocycles. The average Bonchev–Trinajstić information content (AvgIpc) is 2.72. The maximum absolute atomic E-state index is 12.6. The fourth-order valence-corrected chi connectivity index (χ4v) is 3.61. The van der Waals surface area contributed by atoms with Crippen molar-refractivity contribution in [2.75, 3.05) is 18.8 Å². The summed E-state index contributed by atoms with van der Waals surface area (Å²) in [6.45, 7) is 3.61. The fraction of sp³-hybridized carbons (Fsp3) is 0.533. The molecule has 1 aromatic rings. The van der Waals surface area contributed by atoms with Crippen LogP contribution in [0.25, 0.3) is 0 Å². The van der Waals surface area contributed by atoms with Crippen molar-refractivity contribution < 1.29 is 14.7 Å². The zero-order valence-electron chi connectivity index (χ0n) is 12.1. The van der Waals surface area contributed by atoms with E-state index in [1.165, 1.54) is 12.3 Å². The number of aromatic carboxylic acids is 1. The molecule has 1 amide bonds. The smallest absolute Gasteiger partial charge is 0.354 e.